The quantitative estimate of drug-likeness (QED) is 0.0338. The molecule has 25 heteroatoms. The number of hydrogen-bond donors (Lipinski definition) is 4. The van der Waals surface area contributed by atoms with E-state index in [1.165, 1.54) is 167 Å². The van der Waals surface area contributed by atoms with Crippen molar-refractivity contribution >= 4 is 157 Å². The molecule has 0 spiro atoms. The number of amides is 4. The third-order valence-corrected chi connectivity index (χ3v) is 29.8. The number of nitrogens with zero attached hydrogens (tertiary/aromatic N) is 9. The zero-order valence-corrected chi connectivity index (χ0v) is 70.5. The van der Waals surface area contributed by atoms with Crippen LogP contribution < -0.4 is 21.3 Å². The number of rotatable bonds is 28. The number of pyridine rings is 1. The van der Waals surface area contributed by atoms with E-state index in [2.05, 4.69) is 163 Å². The molecule has 4 unspecified atom stereocenters. The van der Waals surface area contributed by atoms with E-state index < -0.39 is 0 Å². The van der Waals surface area contributed by atoms with Crippen molar-refractivity contribution in [3.05, 3.63) is 199 Å². The molecule has 4 aliphatic heterocycles. The van der Waals surface area contributed by atoms with E-state index in [1.54, 1.807) is 57.1 Å². The molecule has 598 valence electrons. The minimum atomic E-state index is 0. The lowest BCUT2D eigenvalue weighted by atomic mass is 9.88. The highest BCUT2D eigenvalue weighted by Gasteiger charge is 2.27. The summed E-state index contributed by atoms with van der Waals surface area (Å²) < 4.78 is 8.56. The number of para-hydroxylation sites is 4. The molecule has 4 saturated heterocycles. The molecule has 16 rings (SSSR count). The van der Waals surface area contributed by atoms with E-state index >= 15 is 0 Å². The molecular weight excluding hydrogens is 1550 g/mol. The fourth-order valence-corrected chi connectivity index (χ4v) is 23.0. The molecule has 9 heterocycles. The zero-order valence-electron chi connectivity index (χ0n) is 64.0. The minimum Gasteiger partial charge on any atom is -0.355 e. The Morgan fingerprint density at radius 1 is 0.330 bits per heavy atom. The molecule has 1 saturated carbocycles. The second-order valence-electron chi connectivity index (χ2n) is 30.0. The van der Waals surface area contributed by atoms with Crippen molar-refractivity contribution in [3.63, 3.8) is 0 Å². The van der Waals surface area contributed by atoms with Crippen molar-refractivity contribution in [3.8, 4) is 0 Å². The first-order valence-corrected chi connectivity index (χ1v) is 47.1. The Morgan fingerprint density at radius 3 is 0.929 bits per heavy atom. The highest BCUT2D eigenvalue weighted by Crippen LogP contribution is 2.34. The second-order valence-corrected chi connectivity index (χ2v) is 39.0. The highest BCUT2D eigenvalue weighted by atomic mass is 32.2. The largest absolute Gasteiger partial charge is 0.355 e. The number of thioether (sulfide) groups is 4. The molecule has 1 aliphatic carbocycles. The molecule has 4 amide bonds. The van der Waals surface area contributed by atoms with Gasteiger partial charge in [-0.3, -0.25) is 38.9 Å². The molecule has 0 bridgehead atoms. The molecule has 112 heavy (non-hydrogen) atoms. The normalized spacial score (nSPS) is 18.7. The molecule has 17 nitrogen and oxygen atoms in total. The van der Waals surface area contributed by atoms with Gasteiger partial charge in [-0.05, 0) is 197 Å². The average Bonchev–Trinajstić information content (AvgIpc) is 1.72. The summed E-state index contributed by atoms with van der Waals surface area (Å²) >= 11 is 12.7. The SMILES string of the molecule is O=C(CSc1nc2ccccc2s1)NCC1CCCN(CC2CCCCC2)C1.O=C(CSc1nc2ccccc2s1)NCC1CCCN(Cc2ccccc2)C1.O=C(CSc1nc2ccccc2s1)NCC1CCCN(Cc2ccccc2)C1.O=C(CSc1nc2ccccc2s1)NCC1CCCN(Cc2ccncc2)C1.[HH].[HH].[HH].[HH]. The van der Waals surface area contributed by atoms with Crippen molar-refractivity contribution in [2.45, 2.75) is 120 Å². The van der Waals surface area contributed by atoms with Gasteiger partial charge in [0.15, 0.2) is 17.4 Å². The summed E-state index contributed by atoms with van der Waals surface area (Å²) in [5, 5.41) is 12.6. The molecule has 5 aliphatic rings. The number of aromatic nitrogens is 5. The summed E-state index contributed by atoms with van der Waals surface area (Å²) in [5.41, 5.74) is 8.07. The maximum atomic E-state index is 12.3. The van der Waals surface area contributed by atoms with Gasteiger partial charge in [-0.1, -0.05) is 176 Å². The molecule has 0 radical (unpaired) electrons. The first-order chi connectivity index (χ1) is 55.0. The molecule has 4 N–H and O–H groups in total. The summed E-state index contributed by atoms with van der Waals surface area (Å²) in [7, 11) is 0. The highest BCUT2D eigenvalue weighted by molar-refractivity contribution is 8.02. The lowest BCUT2D eigenvalue weighted by Crippen LogP contribution is -2.43. The Labute approximate surface area is 699 Å². The van der Waals surface area contributed by atoms with Crippen LogP contribution in [0.4, 0.5) is 0 Å². The first-order valence-electron chi connectivity index (χ1n) is 39.9. The van der Waals surface area contributed by atoms with Crippen molar-refractivity contribution in [1.29, 1.82) is 0 Å². The Kier molecular flexibility index (Phi) is 33.3. The van der Waals surface area contributed by atoms with E-state index in [9.17, 15) is 19.2 Å². The predicted octanol–water partition coefficient (Wildman–Crippen LogP) is 18.4. The summed E-state index contributed by atoms with van der Waals surface area (Å²) in [6.07, 6.45) is 20.5. The van der Waals surface area contributed by atoms with Crippen LogP contribution in [-0.4, -0.2) is 176 Å². The minimum absolute atomic E-state index is 0. The van der Waals surface area contributed by atoms with E-state index in [0.29, 0.717) is 46.7 Å². The Hall–Kier alpha value is -6.85. The van der Waals surface area contributed by atoms with Crippen molar-refractivity contribution in [1.82, 2.24) is 65.8 Å². The van der Waals surface area contributed by atoms with Crippen molar-refractivity contribution in [2.24, 2.45) is 29.6 Å². The van der Waals surface area contributed by atoms with Crippen LogP contribution in [0, 0.1) is 29.6 Å². The van der Waals surface area contributed by atoms with Crippen LogP contribution in [-0.2, 0) is 38.8 Å². The fourth-order valence-electron chi connectivity index (χ4n) is 15.4. The Balaban J connectivity index is 0.000000175. The zero-order chi connectivity index (χ0) is 76.7. The molecule has 5 aromatic heterocycles. The molecule has 4 atom stereocenters. The van der Waals surface area contributed by atoms with Crippen LogP contribution in [0.1, 0.15) is 106 Å². The van der Waals surface area contributed by atoms with Gasteiger partial charge in [0, 0.05) is 96.6 Å². The summed E-state index contributed by atoms with van der Waals surface area (Å²) in [6.45, 7) is 16.3. The number of hydrogen-bond acceptors (Lipinski definition) is 21. The topological polar surface area (TPSA) is 194 Å². The van der Waals surface area contributed by atoms with Crippen LogP contribution in [0.15, 0.2) is 200 Å². The maximum absolute atomic E-state index is 12.3. The van der Waals surface area contributed by atoms with E-state index in [-0.39, 0.29) is 29.3 Å². The molecule has 6 aromatic carbocycles. The lowest BCUT2D eigenvalue weighted by Gasteiger charge is -2.36. The molecule has 11 aromatic rings. The average molecular weight is 1660 g/mol. The second kappa shape index (κ2) is 44.9. The summed E-state index contributed by atoms with van der Waals surface area (Å²) in [5.74, 6) is 5.28. The fraction of sp³-hybridized carbons (Fsp3) is 0.437. The van der Waals surface area contributed by atoms with Crippen LogP contribution in [0.2, 0.25) is 0 Å². The Morgan fingerprint density at radius 2 is 0.607 bits per heavy atom. The van der Waals surface area contributed by atoms with Crippen LogP contribution >= 0.6 is 92.4 Å². The number of carbonyl (C=O) groups is 4. The number of piperidine rings is 4. The Bertz CT molecular complexity index is 4210. The third-order valence-electron chi connectivity index (χ3n) is 21.1. The summed E-state index contributed by atoms with van der Waals surface area (Å²) in [6, 6.07) is 57.8. The standard InChI is InChI=1S/C22H31N3OS2.2C22H25N3OS2.C21H24N4OS2.4H2/c3*26-21(16-27-22-24-19-10-4-5-11-20(19)28-22)23-13-18-9-6-12-25(15-18)14-17-7-2-1-3-8-17;26-20(15-27-21-24-18-5-1-2-6-19(18)28-21)23-12-17-4-3-11-25(14-17)13-16-7-9-22-10-8-16;;;;/h4-5,10-11,17-18H,1-3,6-9,12-16H2,(H,23,26);2*1-5,7-8,10-11,18H,6,9,12-16H2,(H,23,26);1-2,5-10,17H,3-4,11-15H2,(H,23,26);4*1H. The van der Waals surface area contributed by atoms with Gasteiger partial charge in [-0.15, -0.1) is 45.3 Å². The summed E-state index contributed by atoms with van der Waals surface area (Å²) in [4.78, 5) is 81.7. The third kappa shape index (κ3) is 27.7. The van der Waals surface area contributed by atoms with Gasteiger partial charge in [0.1, 0.15) is 0 Å². The number of thiazole rings is 4. The van der Waals surface area contributed by atoms with Gasteiger partial charge in [0.2, 0.25) is 23.6 Å². The van der Waals surface area contributed by atoms with E-state index in [0.717, 1.165) is 137 Å². The van der Waals surface area contributed by atoms with Crippen LogP contribution in [0.5, 0.6) is 0 Å². The van der Waals surface area contributed by atoms with Gasteiger partial charge in [0.25, 0.3) is 0 Å². The predicted molar refractivity (Wildman–Crippen MR) is 479 cm³/mol. The van der Waals surface area contributed by atoms with Crippen LogP contribution in [0.3, 0.4) is 0 Å². The first kappa shape index (κ1) is 83.1. The van der Waals surface area contributed by atoms with Gasteiger partial charge in [-0.25, -0.2) is 19.9 Å². The maximum Gasteiger partial charge on any atom is 0.230 e. The number of benzene rings is 6. The number of carbonyl (C=O) groups excluding carboxylic acids is 4. The van der Waals surface area contributed by atoms with Gasteiger partial charge in [-0.2, -0.15) is 0 Å². The smallest absolute Gasteiger partial charge is 0.230 e. The monoisotopic (exact) mass is 1660 g/mol. The van der Waals surface area contributed by atoms with E-state index in [4.69, 9.17) is 0 Å². The van der Waals surface area contributed by atoms with E-state index in [1.807, 2.05) is 85.2 Å². The number of fused-ring (bicyclic) bond motifs is 4. The lowest BCUT2D eigenvalue weighted by molar-refractivity contribution is -0.119. The van der Waals surface area contributed by atoms with Gasteiger partial charge >= 0.3 is 0 Å². The van der Waals surface area contributed by atoms with Gasteiger partial charge < -0.3 is 26.2 Å². The van der Waals surface area contributed by atoms with Crippen LogP contribution in [0.25, 0.3) is 40.9 Å². The van der Waals surface area contributed by atoms with Crippen molar-refractivity contribution in [2.75, 3.05) is 108 Å². The molecular formula is C87H113N13O4S8. The number of likely N-dealkylation sites (tertiary alicyclic amines) is 4. The molecule has 5 fully saturated rings. The number of nitrogens with one attached hydrogen (secondary N) is 4. The van der Waals surface area contributed by atoms with Gasteiger partial charge in [0.05, 0.1) is 63.9 Å². The van der Waals surface area contributed by atoms with Crippen molar-refractivity contribution < 1.29 is 24.9 Å².